The molecule has 0 aliphatic carbocycles. The van der Waals surface area contributed by atoms with E-state index in [1.807, 2.05) is 6.92 Å². The molecule has 0 radical (unpaired) electrons. The number of piperidine rings is 1. The van der Waals surface area contributed by atoms with Crippen LogP contribution in [0.25, 0.3) is 0 Å². The molecule has 0 amide bonds. The van der Waals surface area contributed by atoms with Crippen LogP contribution in [0, 0.1) is 0 Å². The lowest BCUT2D eigenvalue weighted by atomic mass is 9.75. The summed E-state index contributed by atoms with van der Waals surface area (Å²) in [6, 6.07) is 4.91. The number of methoxy groups -OCH3 is 1. The van der Waals surface area contributed by atoms with Crippen molar-refractivity contribution in [2.24, 2.45) is 0 Å². The predicted molar refractivity (Wildman–Crippen MR) is 100 cm³/mol. The number of rotatable bonds is 4. The number of aliphatic hydroxyl groups excluding tert-OH is 1. The third-order valence-electron chi connectivity index (χ3n) is 5.92. The Kier molecular flexibility index (Phi) is 5.58. The van der Waals surface area contributed by atoms with Gasteiger partial charge in [-0.25, -0.2) is 8.42 Å². The molecule has 2 aliphatic rings. The molecule has 0 unspecified atom stereocenters. The van der Waals surface area contributed by atoms with Gasteiger partial charge in [0.25, 0.3) is 0 Å². The van der Waals surface area contributed by atoms with Crippen LogP contribution in [0.2, 0.25) is 0 Å². The normalized spacial score (nSPS) is 29.0. The van der Waals surface area contributed by atoms with Crippen LogP contribution in [-0.4, -0.2) is 67.0 Å². The summed E-state index contributed by atoms with van der Waals surface area (Å²) in [6.07, 6.45) is 0.700. The van der Waals surface area contributed by atoms with Crippen molar-refractivity contribution < 1.29 is 28.1 Å². The molecule has 1 aromatic rings. The molecule has 2 saturated heterocycles. The Hall–Kier alpha value is -1.19. The number of benzene rings is 1. The Morgan fingerprint density at radius 2 is 1.96 bits per heavy atom. The summed E-state index contributed by atoms with van der Waals surface area (Å²) in [5.74, 6) is 0.676. The third-order valence-corrected chi connectivity index (χ3v) is 7.82. The molecule has 2 aliphatic heterocycles. The molecule has 152 valence electrons. The lowest BCUT2D eigenvalue weighted by molar-refractivity contribution is -0.243. The maximum atomic E-state index is 13.1. The number of hydrogen-bond donors (Lipinski definition) is 2. The van der Waals surface area contributed by atoms with Gasteiger partial charge in [-0.1, -0.05) is 6.92 Å². The first-order chi connectivity index (χ1) is 12.7. The van der Waals surface area contributed by atoms with Crippen LogP contribution in [-0.2, 0) is 21.2 Å². The number of hydrogen-bond acceptors (Lipinski definition) is 6. The lowest BCUT2D eigenvalue weighted by Gasteiger charge is -2.51. The van der Waals surface area contributed by atoms with Crippen molar-refractivity contribution >= 4 is 10.0 Å². The summed E-state index contributed by atoms with van der Waals surface area (Å²) >= 11 is 0. The summed E-state index contributed by atoms with van der Waals surface area (Å²) in [6.45, 7) is 4.39. The predicted octanol–water partition coefficient (Wildman–Crippen LogP) is 1.31. The largest absolute Gasteiger partial charge is 0.496 e. The van der Waals surface area contributed by atoms with E-state index in [1.165, 1.54) is 4.31 Å². The highest BCUT2D eigenvalue weighted by atomic mass is 32.2. The van der Waals surface area contributed by atoms with Crippen molar-refractivity contribution in [3.05, 3.63) is 23.8 Å². The maximum absolute atomic E-state index is 13.1. The fourth-order valence-corrected chi connectivity index (χ4v) is 5.60. The molecule has 0 aromatic heterocycles. The summed E-state index contributed by atoms with van der Waals surface area (Å²) in [4.78, 5) is 0.244. The molecular formula is C19H29NO6S. The van der Waals surface area contributed by atoms with Gasteiger partial charge in [0.2, 0.25) is 10.0 Å². The number of aryl methyl sites for hydroxylation is 1. The molecule has 8 heteroatoms. The Morgan fingerprint density at radius 1 is 1.30 bits per heavy atom. The first-order valence-electron chi connectivity index (χ1n) is 9.38. The number of aliphatic hydroxyl groups is 2. The molecule has 2 heterocycles. The highest BCUT2D eigenvalue weighted by Gasteiger charge is 2.53. The second kappa shape index (κ2) is 7.33. The van der Waals surface area contributed by atoms with Crippen molar-refractivity contribution in [2.45, 2.75) is 61.7 Å². The zero-order chi connectivity index (χ0) is 19.9. The van der Waals surface area contributed by atoms with E-state index < -0.39 is 27.3 Å². The van der Waals surface area contributed by atoms with Crippen LogP contribution in [0.15, 0.2) is 23.1 Å². The van der Waals surface area contributed by atoms with Gasteiger partial charge in [-0.05, 0) is 49.9 Å². The highest BCUT2D eigenvalue weighted by Crippen LogP contribution is 2.40. The molecule has 2 N–H and O–H groups in total. The van der Waals surface area contributed by atoms with E-state index in [0.29, 0.717) is 38.0 Å². The molecular weight excluding hydrogens is 370 g/mol. The van der Waals surface area contributed by atoms with Crippen molar-refractivity contribution in [1.29, 1.82) is 0 Å². The van der Waals surface area contributed by atoms with Gasteiger partial charge in [-0.2, -0.15) is 4.31 Å². The number of nitrogens with zero attached hydrogens (tertiary/aromatic N) is 1. The van der Waals surface area contributed by atoms with E-state index in [1.54, 1.807) is 32.2 Å². The summed E-state index contributed by atoms with van der Waals surface area (Å²) in [5, 5.41) is 21.0. The molecule has 3 rings (SSSR count). The van der Waals surface area contributed by atoms with Crippen LogP contribution < -0.4 is 4.74 Å². The molecule has 27 heavy (non-hydrogen) atoms. The van der Waals surface area contributed by atoms with Crippen LogP contribution >= 0.6 is 0 Å². The number of sulfonamides is 1. The van der Waals surface area contributed by atoms with Gasteiger partial charge in [0.05, 0.1) is 29.8 Å². The minimum atomic E-state index is -3.64. The zero-order valence-corrected chi connectivity index (χ0v) is 17.0. The SMILES string of the molecule is CCc1cc(S(=O)(=O)N2CCC3(CC2)OCC[C@@](C)(O)[C@@H]3O)ccc1OC. The van der Waals surface area contributed by atoms with Gasteiger partial charge in [-0.3, -0.25) is 0 Å². The van der Waals surface area contributed by atoms with Gasteiger partial charge in [-0.15, -0.1) is 0 Å². The van der Waals surface area contributed by atoms with E-state index in [2.05, 4.69) is 0 Å². The molecule has 1 spiro atoms. The first-order valence-corrected chi connectivity index (χ1v) is 10.8. The molecule has 0 bridgehead atoms. The quantitative estimate of drug-likeness (QED) is 0.793. The van der Waals surface area contributed by atoms with E-state index in [4.69, 9.17) is 9.47 Å². The maximum Gasteiger partial charge on any atom is 0.243 e. The minimum absolute atomic E-state index is 0.239. The second-order valence-electron chi connectivity index (χ2n) is 7.65. The zero-order valence-electron chi connectivity index (χ0n) is 16.1. The van der Waals surface area contributed by atoms with E-state index in [-0.39, 0.29) is 18.0 Å². The molecule has 2 fully saturated rings. The monoisotopic (exact) mass is 399 g/mol. The van der Waals surface area contributed by atoms with Crippen molar-refractivity contribution in [3.8, 4) is 5.75 Å². The van der Waals surface area contributed by atoms with Gasteiger partial charge in [0, 0.05) is 19.5 Å². The van der Waals surface area contributed by atoms with Crippen molar-refractivity contribution in [1.82, 2.24) is 4.31 Å². The lowest BCUT2D eigenvalue weighted by Crippen LogP contribution is -2.64. The van der Waals surface area contributed by atoms with Gasteiger partial charge in [0.1, 0.15) is 11.9 Å². The minimum Gasteiger partial charge on any atom is -0.496 e. The van der Waals surface area contributed by atoms with Crippen LogP contribution in [0.4, 0.5) is 0 Å². The first kappa shape index (κ1) is 20.5. The Labute approximate surface area is 161 Å². The summed E-state index contributed by atoms with van der Waals surface area (Å²) in [7, 11) is -2.08. The topological polar surface area (TPSA) is 96.3 Å². The molecule has 7 nitrogen and oxygen atoms in total. The Balaban J connectivity index is 1.79. The third kappa shape index (κ3) is 3.61. The highest BCUT2D eigenvalue weighted by molar-refractivity contribution is 7.89. The fraction of sp³-hybridized carbons (Fsp3) is 0.684. The second-order valence-corrected chi connectivity index (χ2v) is 9.59. The van der Waals surface area contributed by atoms with Crippen LogP contribution in [0.5, 0.6) is 5.75 Å². The van der Waals surface area contributed by atoms with Gasteiger partial charge < -0.3 is 19.7 Å². The van der Waals surface area contributed by atoms with Gasteiger partial charge in [0.15, 0.2) is 0 Å². The average molecular weight is 400 g/mol. The average Bonchev–Trinajstić information content (AvgIpc) is 2.66. The standard InChI is InChI=1S/C19H29NO6S/c1-4-14-13-15(5-6-16(14)25-3)27(23,24)20-10-7-19(8-11-20)17(21)18(2,22)9-12-26-19/h5-6,13,17,21-22H,4,7-12H2,1-3H3/t17-,18+/m0/s1. The summed E-state index contributed by atoms with van der Waals surface area (Å²) in [5.41, 5.74) is -1.26. The molecule has 2 atom stereocenters. The smallest absolute Gasteiger partial charge is 0.243 e. The summed E-state index contributed by atoms with van der Waals surface area (Å²) < 4.78 is 38.7. The Bertz CT molecular complexity index is 783. The molecule has 1 aromatic carbocycles. The van der Waals surface area contributed by atoms with E-state index in [0.717, 1.165) is 5.56 Å². The van der Waals surface area contributed by atoms with Crippen molar-refractivity contribution in [2.75, 3.05) is 26.8 Å². The van der Waals surface area contributed by atoms with Crippen LogP contribution in [0.3, 0.4) is 0 Å². The Morgan fingerprint density at radius 3 is 2.56 bits per heavy atom. The van der Waals surface area contributed by atoms with Gasteiger partial charge >= 0.3 is 0 Å². The van der Waals surface area contributed by atoms with E-state index in [9.17, 15) is 18.6 Å². The van der Waals surface area contributed by atoms with Crippen LogP contribution in [0.1, 0.15) is 38.7 Å². The molecule has 0 saturated carbocycles. The number of ether oxygens (including phenoxy) is 2. The van der Waals surface area contributed by atoms with E-state index >= 15 is 0 Å². The van der Waals surface area contributed by atoms with Crippen molar-refractivity contribution in [3.63, 3.8) is 0 Å². The fourth-order valence-electron chi connectivity index (χ4n) is 4.11.